The quantitative estimate of drug-likeness (QED) is 0.645. The molecule has 3 rings (SSSR count). The van der Waals surface area contributed by atoms with Crippen LogP contribution in [0.25, 0.3) is 0 Å². The molecule has 2 fully saturated rings. The third-order valence-electron chi connectivity index (χ3n) is 3.13. The molecule has 1 aliphatic heterocycles. The van der Waals surface area contributed by atoms with Crippen molar-refractivity contribution >= 4 is 17.7 Å². The summed E-state index contributed by atoms with van der Waals surface area (Å²) >= 11 is 1.95. The van der Waals surface area contributed by atoms with Crippen molar-refractivity contribution in [3.05, 3.63) is 11.7 Å². The highest BCUT2D eigenvalue weighted by atomic mass is 32.2. The molecular formula is C11H17N5OS. The van der Waals surface area contributed by atoms with Crippen molar-refractivity contribution in [1.82, 2.24) is 15.0 Å². The molecule has 0 unspecified atom stereocenters. The van der Waals surface area contributed by atoms with Crippen molar-refractivity contribution < 1.29 is 4.52 Å². The first-order valence-corrected chi connectivity index (χ1v) is 7.43. The van der Waals surface area contributed by atoms with Gasteiger partial charge in [-0.1, -0.05) is 5.16 Å². The van der Waals surface area contributed by atoms with Gasteiger partial charge >= 0.3 is 0 Å². The van der Waals surface area contributed by atoms with Crippen LogP contribution in [-0.4, -0.2) is 45.6 Å². The summed E-state index contributed by atoms with van der Waals surface area (Å²) in [6.45, 7) is 2.35. The van der Waals surface area contributed by atoms with E-state index in [-0.39, 0.29) is 0 Å². The Hall–Kier alpha value is -1.24. The second-order valence-corrected chi connectivity index (χ2v) is 5.82. The number of thioether (sulfide) groups is 1. The predicted octanol–water partition coefficient (Wildman–Crippen LogP) is 0.810. The summed E-state index contributed by atoms with van der Waals surface area (Å²) in [5.74, 6) is 4.70. The van der Waals surface area contributed by atoms with E-state index in [2.05, 4.69) is 20.0 Å². The first-order chi connectivity index (χ1) is 8.83. The lowest BCUT2D eigenvalue weighted by Crippen LogP contribution is -2.42. The molecule has 0 radical (unpaired) electrons. The van der Waals surface area contributed by atoms with Gasteiger partial charge in [-0.25, -0.2) is 4.99 Å². The van der Waals surface area contributed by atoms with Gasteiger partial charge in [-0.2, -0.15) is 16.7 Å². The zero-order valence-corrected chi connectivity index (χ0v) is 11.0. The summed E-state index contributed by atoms with van der Waals surface area (Å²) in [6.07, 6.45) is 2.33. The van der Waals surface area contributed by atoms with Gasteiger partial charge in [0.15, 0.2) is 11.8 Å². The van der Waals surface area contributed by atoms with Crippen LogP contribution in [0.15, 0.2) is 9.52 Å². The van der Waals surface area contributed by atoms with E-state index >= 15 is 0 Å². The van der Waals surface area contributed by atoms with E-state index in [4.69, 9.17) is 10.3 Å². The van der Waals surface area contributed by atoms with Gasteiger partial charge in [0.2, 0.25) is 5.89 Å². The molecule has 2 N–H and O–H groups in total. The number of nitrogens with two attached hydrogens (primary N) is 1. The fourth-order valence-corrected chi connectivity index (χ4v) is 2.78. The maximum Gasteiger partial charge on any atom is 0.229 e. The van der Waals surface area contributed by atoms with E-state index in [0.717, 1.165) is 30.5 Å². The average molecular weight is 267 g/mol. The van der Waals surface area contributed by atoms with Gasteiger partial charge in [0, 0.05) is 30.5 Å². The van der Waals surface area contributed by atoms with Crippen LogP contribution < -0.4 is 5.73 Å². The molecule has 0 spiro atoms. The minimum Gasteiger partial charge on any atom is -0.370 e. The van der Waals surface area contributed by atoms with Gasteiger partial charge in [0.25, 0.3) is 0 Å². The van der Waals surface area contributed by atoms with E-state index < -0.39 is 0 Å². The third kappa shape index (κ3) is 2.77. The summed E-state index contributed by atoms with van der Waals surface area (Å²) in [4.78, 5) is 10.8. The molecule has 2 aliphatic rings. The van der Waals surface area contributed by atoms with Crippen molar-refractivity contribution in [3.63, 3.8) is 0 Å². The third-order valence-corrected chi connectivity index (χ3v) is 4.07. The summed E-state index contributed by atoms with van der Waals surface area (Å²) in [6, 6.07) is 0. The Kier molecular flexibility index (Phi) is 3.40. The summed E-state index contributed by atoms with van der Waals surface area (Å²) in [5.41, 5.74) is 5.96. The molecule has 1 aromatic rings. The largest absolute Gasteiger partial charge is 0.370 e. The highest BCUT2D eigenvalue weighted by Crippen LogP contribution is 2.38. The van der Waals surface area contributed by atoms with Crippen LogP contribution in [0, 0.1) is 0 Å². The molecule has 0 amide bonds. The topological polar surface area (TPSA) is 80.5 Å². The van der Waals surface area contributed by atoms with Crippen LogP contribution in [0.1, 0.15) is 30.5 Å². The maximum atomic E-state index is 5.96. The molecule has 1 saturated heterocycles. The summed E-state index contributed by atoms with van der Waals surface area (Å²) in [5, 5.41) is 3.92. The molecule has 18 heavy (non-hydrogen) atoms. The Morgan fingerprint density at radius 3 is 2.94 bits per heavy atom. The monoisotopic (exact) mass is 267 g/mol. The van der Waals surface area contributed by atoms with E-state index in [1.165, 1.54) is 12.8 Å². The first kappa shape index (κ1) is 11.8. The Bertz CT molecular complexity index is 436. The number of aromatic nitrogens is 2. The van der Waals surface area contributed by atoms with Crippen molar-refractivity contribution in [2.45, 2.75) is 25.3 Å². The zero-order chi connectivity index (χ0) is 12.4. The Morgan fingerprint density at radius 1 is 1.44 bits per heavy atom. The minimum absolute atomic E-state index is 0.408. The number of nitrogens with zero attached hydrogens (tertiary/aromatic N) is 4. The average Bonchev–Trinajstić information content (AvgIpc) is 3.16. The Labute approximate surface area is 110 Å². The lowest BCUT2D eigenvalue weighted by molar-refractivity contribution is 0.374. The summed E-state index contributed by atoms with van der Waals surface area (Å²) in [7, 11) is 0. The van der Waals surface area contributed by atoms with Gasteiger partial charge in [0.1, 0.15) is 6.54 Å². The van der Waals surface area contributed by atoms with Crippen LogP contribution in [0.3, 0.4) is 0 Å². The molecule has 7 heteroatoms. The van der Waals surface area contributed by atoms with Crippen molar-refractivity contribution in [2.75, 3.05) is 24.6 Å². The minimum atomic E-state index is 0.408. The van der Waals surface area contributed by atoms with Gasteiger partial charge in [-0.15, -0.1) is 0 Å². The van der Waals surface area contributed by atoms with Gasteiger partial charge < -0.3 is 15.2 Å². The number of hydrogen-bond acceptors (Lipinski definition) is 5. The fraction of sp³-hybridized carbons (Fsp3) is 0.727. The van der Waals surface area contributed by atoms with Crippen LogP contribution in [0.2, 0.25) is 0 Å². The summed E-state index contributed by atoms with van der Waals surface area (Å²) < 4.78 is 5.18. The first-order valence-electron chi connectivity index (χ1n) is 6.28. The highest BCUT2D eigenvalue weighted by Gasteiger charge is 2.29. The fourth-order valence-electron chi connectivity index (χ4n) is 1.87. The van der Waals surface area contributed by atoms with E-state index in [9.17, 15) is 0 Å². The van der Waals surface area contributed by atoms with Crippen molar-refractivity contribution in [2.24, 2.45) is 10.7 Å². The van der Waals surface area contributed by atoms with Crippen LogP contribution in [0.4, 0.5) is 0 Å². The molecule has 1 aliphatic carbocycles. The molecule has 2 heterocycles. The van der Waals surface area contributed by atoms with E-state index in [0.29, 0.717) is 24.2 Å². The SMILES string of the molecule is NC(=NCc1noc(C2CC2)n1)N1CCSCC1. The molecule has 0 atom stereocenters. The van der Waals surface area contributed by atoms with Crippen LogP contribution in [-0.2, 0) is 6.54 Å². The zero-order valence-electron chi connectivity index (χ0n) is 10.2. The number of rotatable bonds is 3. The normalized spacial score (nSPS) is 21.3. The number of hydrogen-bond donors (Lipinski definition) is 1. The lowest BCUT2D eigenvalue weighted by Gasteiger charge is -2.27. The molecule has 6 nitrogen and oxygen atoms in total. The standard InChI is InChI=1S/C11H17N5OS/c12-11(16-3-5-18-6-4-16)13-7-9-14-10(17-15-9)8-1-2-8/h8H,1-7H2,(H2,12,13). The second kappa shape index (κ2) is 5.17. The predicted molar refractivity (Wildman–Crippen MR) is 70.5 cm³/mol. The van der Waals surface area contributed by atoms with Gasteiger partial charge in [-0.3, -0.25) is 0 Å². The van der Waals surface area contributed by atoms with Crippen LogP contribution in [0.5, 0.6) is 0 Å². The smallest absolute Gasteiger partial charge is 0.229 e. The van der Waals surface area contributed by atoms with E-state index in [1.54, 1.807) is 0 Å². The Balaban J connectivity index is 1.57. The number of aliphatic imine (C=N–C) groups is 1. The molecule has 0 bridgehead atoms. The lowest BCUT2D eigenvalue weighted by atomic mass is 10.4. The van der Waals surface area contributed by atoms with Gasteiger partial charge in [0.05, 0.1) is 0 Å². The van der Waals surface area contributed by atoms with Gasteiger partial charge in [-0.05, 0) is 12.8 Å². The molecular weight excluding hydrogens is 250 g/mol. The maximum absolute atomic E-state index is 5.96. The van der Waals surface area contributed by atoms with Crippen molar-refractivity contribution in [3.8, 4) is 0 Å². The number of guanidine groups is 1. The molecule has 0 aromatic carbocycles. The highest BCUT2D eigenvalue weighted by molar-refractivity contribution is 7.99. The van der Waals surface area contributed by atoms with E-state index in [1.807, 2.05) is 11.8 Å². The molecule has 1 aromatic heterocycles. The molecule has 1 saturated carbocycles. The van der Waals surface area contributed by atoms with Crippen molar-refractivity contribution in [1.29, 1.82) is 0 Å². The second-order valence-electron chi connectivity index (χ2n) is 4.60. The Morgan fingerprint density at radius 2 is 2.22 bits per heavy atom. The molecule has 98 valence electrons. The van der Waals surface area contributed by atoms with Crippen LogP contribution >= 0.6 is 11.8 Å².